The van der Waals surface area contributed by atoms with E-state index in [1.54, 1.807) is 6.08 Å². The molecule has 1 saturated carbocycles. The average Bonchev–Trinajstić information content (AvgIpc) is 2.99. The molecule has 0 aliphatic heterocycles. The van der Waals surface area contributed by atoms with Crippen LogP contribution in [0.15, 0.2) is 54.6 Å². The van der Waals surface area contributed by atoms with Gasteiger partial charge in [0.25, 0.3) is 0 Å². The topological polar surface area (TPSA) is 124 Å². The lowest BCUT2D eigenvalue weighted by atomic mass is 9.89. The molecule has 0 saturated heterocycles. The van der Waals surface area contributed by atoms with Crippen molar-refractivity contribution in [1.82, 2.24) is 4.72 Å². The molecule has 32 heavy (non-hydrogen) atoms. The number of nitrogens with one attached hydrogen (secondary N) is 1. The smallest absolute Gasteiger partial charge is 0.233 e. The van der Waals surface area contributed by atoms with E-state index in [1.807, 2.05) is 53.3 Å². The summed E-state index contributed by atoms with van der Waals surface area (Å²) in [5.74, 6) is -0.903. The number of carbonyl (C=O) groups is 1. The minimum Gasteiger partial charge on any atom is -0.393 e. The molecular formula is C24H35NO6S. The van der Waals surface area contributed by atoms with Gasteiger partial charge in [-0.1, -0.05) is 54.6 Å². The van der Waals surface area contributed by atoms with E-state index in [-0.39, 0.29) is 18.3 Å². The van der Waals surface area contributed by atoms with Crippen LogP contribution in [-0.2, 0) is 21.2 Å². The van der Waals surface area contributed by atoms with Crippen molar-refractivity contribution >= 4 is 15.9 Å². The van der Waals surface area contributed by atoms with Crippen molar-refractivity contribution in [2.75, 3.05) is 6.26 Å². The monoisotopic (exact) mass is 465 g/mol. The van der Waals surface area contributed by atoms with Gasteiger partial charge >= 0.3 is 0 Å². The van der Waals surface area contributed by atoms with Crippen LogP contribution >= 0.6 is 0 Å². The van der Waals surface area contributed by atoms with E-state index in [0.29, 0.717) is 32.1 Å². The third-order valence-corrected chi connectivity index (χ3v) is 6.29. The quantitative estimate of drug-likeness (QED) is 0.277. The Bertz CT molecular complexity index is 868. The fourth-order valence-corrected chi connectivity index (χ4v) is 4.54. The number of unbranched alkanes of at least 4 members (excludes halogenated alkanes) is 1. The predicted molar refractivity (Wildman–Crippen MR) is 124 cm³/mol. The van der Waals surface area contributed by atoms with Gasteiger partial charge in [-0.25, -0.2) is 8.42 Å². The molecule has 5 atom stereocenters. The van der Waals surface area contributed by atoms with E-state index < -0.39 is 34.2 Å². The lowest BCUT2D eigenvalue weighted by molar-refractivity contribution is -0.119. The standard InChI is InChI=1S/C24H35NO6S/c1-32(30,31)25-24(29)12-8-3-2-7-11-20-21(23(28)17-22(20)27)16-15-19(26)14-13-18-9-5-4-6-10-18/h2,4-7,9-10,15-16,19-23,26-28H,3,8,11-14,17H2,1H3,(H,25,29)/t19-,20+,21+,22-,23+/m0/s1. The highest BCUT2D eigenvalue weighted by molar-refractivity contribution is 7.89. The van der Waals surface area contributed by atoms with Crippen molar-refractivity contribution < 1.29 is 28.5 Å². The Kier molecular flexibility index (Phi) is 10.6. The number of carbonyl (C=O) groups excluding carboxylic acids is 1. The second-order valence-corrected chi connectivity index (χ2v) is 10.2. The van der Waals surface area contributed by atoms with Crippen LogP contribution in [0.5, 0.6) is 0 Å². The molecule has 1 aliphatic rings. The van der Waals surface area contributed by atoms with Crippen molar-refractivity contribution in [1.29, 1.82) is 0 Å². The molecule has 0 spiro atoms. The third-order valence-electron chi connectivity index (χ3n) is 5.69. The molecular weight excluding hydrogens is 430 g/mol. The summed E-state index contributed by atoms with van der Waals surface area (Å²) >= 11 is 0. The van der Waals surface area contributed by atoms with Gasteiger partial charge in [0.05, 0.1) is 24.6 Å². The lowest BCUT2D eigenvalue weighted by Gasteiger charge is -2.19. The number of aliphatic hydroxyl groups is 3. The maximum absolute atomic E-state index is 11.5. The van der Waals surface area contributed by atoms with Gasteiger partial charge in [0.1, 0.15) is 0 Å². The summed E-state index contributed by atoms with van der Waals surface area (Å²) in [6.07, 6.45) is 9.90. The number of aryl methyl sites for hydroxylation is 1. The molecule has 1 fully saturated rings. The number of hydrogen-bond donors (Lipinski definition) is 4. The molecule has 4 N–H and O–H groups in total. The molecule has 1 aliphatic carbocycles. The first-order valence-electron chi connectivity index (χ1n) is 11.1. The Morgan fingerprint density at radius 2 is 1.91 bits per heavy atom. The largest absolute Gasteiger partial charge is 0.393 e. The van der Waals surface area contributed by atoms with E-state index in [9.17, 15) is 28.5 Å². The van der Waals surface area contributed by atoms with Gasteiger partial charge in [0, 0.05) is 18.8 Å². The molecule has 0 unspecified atom stereocenters. The van der Waals surface area contributed by atoms with Crippen LogP contribution in [0.1, 0.15) is 44.1 Å². The van der Waals surface area contributed by atoms with Crippen molar-refractivity contribution in [2.45, 2.75) is 63.3 Å². The molecule has 0 bridgehead atoms. The summed E-state index contributed by atoms with van der Waals surface area (Å²) in [4.78, 5) is 11.5. The predicted octanol–water partition coefficient (Wildman–Crippen LogP) is 2.09. The highest BCUT2D eigenvalue weighted by Gasteiger charge is 2.39. The number of allylic oxidation sites excluding steroid dienone is 2. The number of benzene rings is 1. The average molecular weight is 466 g/mol. The molecule has 0 aromatic heterocycles. The van der Waals surface area contributed by atoms with Crippen LogP contribution in [0.2, 0.25) is 0 Å². The Hall–Kier alpha value is -2.00. The SMILES string of the molecule is CS(=O)(=O)NC(=O)CCCC=CC[C@@H]1[C@@H](C=C[C@@H](O)CCc2ccccc2)[C@H](O)C[C@@H]1O. The van der Waals surface area contributed by atoms with Crippen LogP contribution in [0.4, 0.5) is 0 Å². The van der Waals surface area contributed by atoms with E-state index >= 15 is 0 Å². The summed E-state index contributed by atoms with van der Waals surface area (Å²) < 4.78 is 23.9. The van der Waals surface area contributed by atoms with Crippen LogP contribution < -0.4 is 4.72 Å². The molecule has 8 heteroatoms. The number of amides is 1. The van der Waals surface area contributed by atoms with Crippen molar-refractivity contribution in [3.05, 3.63) is 60.2 Å². The van der Waals surface area contributed by atoms with Gasteiger partial charge in [0.15, 0.2) is 0 Å². The number of hydrogen-bond acceptors (Lipinski definition) is 6. The summed E-state index contributed by atoms with van der Waals surface area (Å²) in [6, 6.07) is 9.94. The second-order valence-electron chi connectivity index (χ2n) is 8.48. The zero-order valence-electron chi connectivity index (χ0n) is 18.5. The van der Waals surface area contributed by atoms with Crippen LogP contribution in [0, 0.1) is 11.8 Å². The molecule has 0 heterocycles. The Balaban J connectivity index is 1.77. The number of sulfonamides is 1. The van der Waals surface area contributed by atoms with Gasteiger partial charge < -0.3 is 15.3 Å². The fourth-order valence-electron chi connectivity index (χ4n) is 4.03. The number of rotatable bonds is 12. The van der Waals surface area contributed by atoms with Gasteiger partial charge in [-0.3, -0.25) is 9.52 Å². The van der Waals surface area contributed by atoms with Gasteiger partial charge in [-0.2, -0.15) is 0 Å². The molecule has 1 aromatic rings. The van der Waals surface area contributed by atoms with Gasteiger partial charge in [0.2, 0.25) is 15.9 Å². The highest BCUT2D eigenvalue weighted by Crippen LogP contribution is 2.36. The first-order chi connectivity index (χ1) is 15.2. The molecule has 178 valence electrons. The van der Waals surface area contributed by atoms with Crippen LogP contribution in [-0.4, -0.2) is 54.2 Å². The number of aliphatic hydroxyl groups excluding tert-OH is 3. The minimum absolute atomic E-state index is 0.119. The zero-order valence-corrected chi connectivity index (χ0v) is 19.3. The van der Waals surface area contributed by atoms with E-state index in [2.05, 4.69) is 0 Å². The molecule has 2 rings (SSSR count). The van der Waals surface area contributed by atoms with Crippen LogP contribution in [0.25, 0.3) is 0 Å². The first kappa shape index (κ1) is 26.3. The molecule has 1 aromatic carbocycles. The van der Waals surface area contributed by atoms with Gasteiger partial charge in [-0.15, -0.1) is 0 Å². The Labute approximate surface area is 190 Å². The first-order valence-corrected chi connectivity index (χ1v) is 13.0. The molecule has 0 radical (unpaired) electrons. The fraction of sp³-hybridized carbons (Fsp3) is 0.542. The Morgan fingerprint density at radius 1 is 1.19 bits per heavy atom. The minimum atomic E-state index is -3.52. The van der Waals surface area contributed by atoms with Crippen LogP contribution in [0.3, 0.4) is 0 Å². The zero-order chi connectivity index (χ0) is 23.6. The summed E-state index contributed by atoms with van der Waals surface area (Å²) in [5.41, 5.74) is 1.16. The third kappa shape index (κ3) is 9.65. The molecule has 1 amide bonds. The van der Waals surface area contributed by atoms with E-state index in [0.717, 1.165) is 18.2 Å². The van der Waals surface area contributed by atoms with Crippen molar-refractivity contribution in [2.24, 2.45) is 11.8 Å². The highest BCUT2D eigenvalue weighted by atomic mass is 32.2. The normalized spacial score (nSPS) is 24.9. The van der Waals surface area contributed by atoms with Gasteiger partial charge in [-0.05, 0) is 43.6 Å². The maximum Gasteiger partial charge on any atom is 0.233 e. The van der Waals surface area contributed by atoms with Crippen molar-refractivity contribution in [3.8, 4) is 0 Å². The molecule has 7 nitrogen and oxygen atoms in total. The lowest BCUT2D eigenvalue weighted by Crippen LogP contribution is -2.28. The second kappa shape index (κ2) is 12.9. The summed E-state index contributed by atoms with van der Waals surface area (Å²) in [6.45, 7) is 0. The van der Waals surface area contributed by atoms with E-state index in [1.165, 1.54) is 0 Å². The Morgan fingerprint density at radius 3 is 2.59 bits per heavy atom. The maximum atomic E-state index is 11.5. The summed E-state index contributed by atoms with van der Waals surface area (Å²) in [5, 5.41) is 30.9. The summed E-state index contributed by atoms with van der Waals surface area (Å²) in [7, 11) is -3.52. The van der Waals surface area contributed by atoms with Crippen molar-refractivity contribution in [3.63, 3.8) is 0 Å². The van der Waals surface area contributed by atoms with E-state index in [4.69, 9.17) is 0 Å².